The molecule has 27 heavy (non-hydrogen) atoms. The summed E-state index contributed by atoms with van der Waals surface area (Å²) in [4.78, 5) is 13.5. The number of phenolic OH excluding ortho intramolecular Hbond substituents is 1. The Morgan fingerprint density at radius 1 is 0.778 bits per heavy atom. The molecule has 0 aliphatic carbocycles. The molecular weight excluding hydrogens is 366 g/mol. The van der Waals surface area contributed by atoms with Crippen molar-refractivity contribution in [1.82, 2.24) is 15.0 Å². The van der Waals surface area contributed by atoms with E-state index in [2.05, 4.69) is 15.0 Å². The van der Waals surface area contributed by atoms with Gasteiger partial charge < -0.3 is 19.3 Å². The number of ether oxygens (including phenoxy) is 3. The smallest absolute Gasteiger partial charge is 0.191 e. The lowest BCUT2D eigenvalue weighted by molar-refractivity contribution is 0.395. The molecule has 0 aliphatic rings. The maximum absolute atomic E-state index is 10.3. The van der Waals surface area contributed by atoms with Crippen LogP contribution in [-0.2, 0) is 0 Å². The molecule has 2 aromatic carbocycles. The molecule has 0 spiro atoms. The molecule has 0 saturated heterocycles. The molecule has 0 unspecified atom stereocenters. The summed E-state index contributed by atoms with van der Waals surface area (Å²) in [5, 5.41) is 10.9. The third kappa shape index (κ3) is 3.90. The SMILES string of the molecule is COc1ccc(-c2nc(SC)nc(-c3ccc(OC)cc3OC)n2)c(O)c1. The Labute approximate surface area is 161 Å². The lowest BCUT2D eigenvalue weighted by atomic mass is 10.1. The maximum atomic E-state index is 10.3. The van der Waals surface area contributed by atoms with Crippen molar-refractivity contribution in [3.05, 3.63) is 36.4 Å². The minimum absolute atomic E-state index is 0.0280. The van der Waals surface area contributed by atoms with Crippen molar-refractivity contribution in [2.24, 2.45) is 0 Å². The molecule has 0 aliphatic heterocycles. The Morgan fingerprint density at radius 3 is 1.93 bits per heavy atom. The summed E-state index contributed by atoms with van der Waals surface area (Å²) in [6.45, 7) is 0. The van der Waals surface area contributed by atoms with Crippen LogP contribution in [0.15, 0.2) is 41.6 Å². The zero-order chi connectivity index (χ0) is 19.4. The van der Waals surface area contributed by atoms with Gasteiger partial charge in [0.25, 0.3) is 0 Å². The molecule has 0 fully saturated rings. The average molecular weight is 385 g/mol. The summed E-state index contributed by atoms with van der Waals surface area (Å²) in [7, 11) is 4.70. The van der Waals surface area contributed by atoms with Gasteiger partial charge in [-0.05, 0) is 30.5 Å². The normalized spacial score (nSPS) is 10.5. The van der Waals surface area contributed by atoms with Gasteiger partial charge >= 0.3 is 0 Å². The Hall–Kier alpha value is -3.00. The number of aromatic nitrogens is 3. The van der Waals surface area contributed by atoms with Crippen LogP contribution in [0.3, 0.4) is 0 Å². The largest absolute Gasteiger partial charge is 0.507 e. The van der Waals surface area contributed by atoms with E-state index >= 15 is 0 Å². The molecule has 1 heterocycles. The quantitative estimate of drug-likeness (QED) is 0.644. The predicted octanol–water partition coefficient (Wildman–Crippen LogP) is 3.66. The number of rotatable bonds is 6. The second-order valence-corrected chi connectivity index (χ2v) is 6.19. The van der Waals surface area contributed by atoms with Gasteiger partial charge in [0, 0.05) is 12.1 Å². The van der Waals surface area contributed by atoms with Crippen LogP contribution < -0.4 is 14.2 Å². The van der Waals surface area contributed by atoms with Gasteiger partial charge in [0.1, 0.15) is 23.0 Å². The van der Waals surface area contributed by atoms with E-state index in [1.807, 2.05) is 18.4 Å². The summed E-state index contributed by atoms with van der Waals surface area (Å²) < 4.78 is 15.8. The van der Waals surface area contributed by atoms with Crippen LogP contribution in [0, 0.1) is 0 Å². The molecule has 3 aromatic rings. The lowest BCUT2D eigenvalue weighted by Gasteiger charge is -2.12. The third-order valence-corrected chi connectivity index (χ3v) is 4.44. The first kappa shape index (κ1) is 18.8. The standard InChI is InChI=1S/C19H19N3O4S/c1-24-11-5-7-13(15(23)9-11)17-20-18(22-19(21-17)27-4)14-8-6-12(25-2)10-16(14)26-3/h5-10,23H,1-4H3. The number of hydrogen-bond donors (Lipinski definition) is 1. The van der Waals surface area contributed by atoms with Gasteiger partial charge in [-0.3, -0.25) is 0 Å². The first-order valence-electron chi connectivity index (χ1n) is 7.99. The van der Waals surface area contributed by atoms with Crippen molar-refractivity contribution < 1.29 is 19.3 Å². The summed E-state index contributed by atoms with van der Waals surface area (Å²) in [5.41, 5.74) is 1.19. The monoisotopic (exact) mass is 385 g/mol. The van der Waals surface area contributed by atoms with Gasteiger partial charge in [-0.15, -0.1) is 0 Å². The highest BCUT2D eigenvalue weighted by Crippen LogP contribution is 2.35. The maximum Gasteiger partial charge on any atom is 0.191 e. The first-order chi connectivity index (χ1) is 13.1. The lowest BCUT2D eigenvalue weighted by Crippen LogP contribution is -2.00. The molecular formula is C19H19N3O4S. The molecule has 0 amide bonds. The molecule has 0 radical (unpaired) electrons. The molecule has 3 rings (SSSR count). The topological polar surface area (TPSA) is 86.6 Å². The number of thioether (sulfide) groups is 1. The van der Waals surface area contributed by atoms with Gasteiger partial charge in [0.15, 0.2) is 16.8 Å². The van der Waals surface area contributed by atoms with E-state index in [1.165, 1.54) is 24.9 Å². The van der Waals surface area contributed by atoms with E-state index in [0.717, 1.165) is 0 Å². The highest BCUT2D eigenvalue weighted by molar-refractivity contribution is 7.98. The van der Waals surface area contributed by atoms with Crippen molar-refractivity contribution in [1.29, 1.82) is 0 Å². The van der Waals surface area contributed by atoms with Crippen LogP contribution in [0.1, 0.15) is 0 Å². The van der Waals surface area contributed by atoms with Crippen molar-refractivity contribution in [2.75, 3.05) is 27.6 Å². The summed E-state index contributed by atoms with van der Waals surface area (Å²) in [6, 6.07) is 10.4. The number of benzene rings is 2. The zero-order valence-electron chi connectivity index (χ0n) is 15.4. The molecule has 1 aromatic heterocycles. The van der Waals surface area contributed by atoms with Crippen molar-refractivity contribution in [3.63, 3.8) is 0 Å². The molecule has 1 N–H and O–H groups in total. The van der Waals surface area contributed by atoms with Gasteiger partial charge in [0.05, 0.1) is 32.5 Å². The van der Waals surface area contributed by atoms with E-state index in [-0.39, 0.29) is 5.75 Å². The number of nitrogens with zero attached hydrogens (tertiary/aromatic N) is 3. The Kier molecular flexibility index (Phi) is 5.66. The number of hydrogen-bond acceptors (Lipinski definition) is 8. The molecule has 0 bridgehead atoms. The fraction of sp³-hybridized carbons (Fsp3) is 0.211. The Bertz CT molecular complexity index is 966. The molecule has 0 saturated carbocycles. The van der Waals surface area contributed by atoms with Gasteiger partial charge in [-0.25, -0.2) is 15.0 Å². The first-order valence-corrected chi connectivity index (χ1v) is 9.22. The van der Waals surface area contributed by atoms with Crippen molar-refractivity contribution >= 4 is 11.8 Å². The number of phenols is 1. The average Bonchev–Trinajstić information content (AvgIpc) is 2.72. The second kappa shape index (κ2) is 8.13. The van der Waals surface area contributed by atoms with Crippen molar-refractivity contribution in [2.45, 2.75) is 5.16 Å². The highest BCUT2D eigenvalue weighted by Gasteiger charge is 2.16. The minimum atomic E-state index is 0.0280. The fourth-order valence-corrected chi connectivity index (χ4v) is 2.85. The van der Waals surface area contributed by atoms with E-state index in [1.54, 1.807) is 32.4 Å². The molecule has 0 atom stereocenters. The van der Waals surface area contributed by atoms with Gasteiger partial charge in [-0.1, -0.05) is 11.8 Å². The van der Waals surface area contributed by atoms with Crippen LogP contribution in [0.5, 0.6) is 23.0 Å². The van der Waals surface area contributed by atoms with Gasteiger partial charge in [0.2, 0.25) is 0 Å². The van der Waals surface area contributed by atoms with Crippen LogP contribution in [-0.4, -0.2) is 47.6 Å². The van der Waals surface area contributed by atoms with E-state index in [4.69, 9.17) is 14.2 Å². The van der Waals surface area contributed by atoms with E-state index < -0.39 is 0 Å². The minimum Gasteiger partial charge on any atom is -0.507 e. The zero-order valence-corrected chi connectivity index (χ0v) is 16.2. The van der Waals surface area contributed by atoms with Crippen LogP contribution >= 0.6 is 11.8 Å². The predicted molar refractivity (Wildman–Crippen MR) is 104 cm³/mol. The van der Waals surface area contributed by atoms with E-state index in [9.17, 15) is 5.11 Å². The second-order valence-electron chi connectivity index (χ2n) is 5.42. The number of methoxy groups -OCH3 is 3. The fourth-order valence-electron chi connectivity index (χ4n) is 2.50. The summed E-state index contributed by atoms with van der Waals surface area (Å²) in [5.74, 6) is 2.63. The molecule has 7 nitrogen and oxygen atoms in total. The Balaban J connectivity index is 2.15. The van der Waals surface area contributed by atoms with Crippen LogP contribution in [0.4, 0.5) is 0 Å². The third-order valence-electron chi connectivity index (χ3n) is 3.89. The molecule has 8 heteroatoms. The van der Waals surface area contributed by atoms with Gasteiger partial charge in [-0.2, -0.15) is 0 Å². The Morgan fingerprint density at radius 2 is 1.37 bits per heavy atom. The summed E-state index contributed by atoms with van der Waals surface area (Å²) in [6.07, 6.45) is 1.88. The van der Waals surface area contributed by atoms with E-state index in [0.29, 0.717) is 45.2 Å². The van der Waals surface area contributed by atoms with Crippen molar-refractivity contribution in [3.8, 4) is 45.8 Å². The highest BCUT2D eigenvalue weighted by atomic mass is 32.2. The van der Waals surface area contributed by atoms with Crippen LogP contribution in [0.2, 0.25) is 0 Å². The number of aromatic hydroxyl groups is 1. The van der Waals surface area contributed by atoms with Crippen LogP contribution in [0.25, 0.3) is 22.8 Å². The molecule has 140 valence electrons. The summed E-state index contributed by atoms with van der Waals surface area (Å²) >= 11 is 1.39.